The first-order chi connectivity index (χ1) is 8.95. The fourth-order valence-corrected chi connectivity index (χ4v) is 2.74. The number of nitrogens with zero attached hydrogens (tertiary/aromatic N) is 1. The van der Waals surface area contributed by atoms with Crippen molar-refractivity contribution >= 4 is 28.5 Å². The van der Waals surface area contributed by atoms with Gasteiger partial charge in [-0.15, -0.1) is 0 Å². The molecule has 3 nitrogen and oxygen atoms in total. The predicted octanol–water partition coefficient (Wildman–Crippen LogP) is 2.13. The standard InChI is InChI=1S/C14H20ClN3S/c1-14(2,3)18-9-16-13(17-10-18)19-8-11-4-6-12(15)7-5-11/h4-7H,8-10H2,1-3H3,(H,16,17)/p+1. The summed E-state index contributed by atoms with van der Waals surface area (Å²) in [4.78, 5) is 6.08. The average Bonchev–Trinajstić information content (AvgIpc) is 2.37. The van der Waals surface area contributed by atoms with Crippen molar-refractivity contribution in [1.29, 1.82) is 0 Å². The molecule has 19 heavy (non-hydrogen) atoms. The monoisotopic (exact) mass is 298 g/mol. The molecular formula is C14H21ClN3S+. The van der Waals surface area contributed by atoms with Crippen LogP contribution in [-0.2, 0) is 5.75 Å². The molecule has 0 spiro atoms. The van der Waals surface area contributed by atoms with Crippen molar-refractivity contribution in [2.75, 3.05) is 13.3 Å². The number of thioether (sulfide) groups is 1. The molecule has 1 heterocycles. The van der Waals surface area contributed by atoms with E-state index >= 15 is 0 Å². The molecule has 0 amide bonds. The molecule has 2 rings (SSSR count). The number of nitrogens with one attached hydrogen (secondary N) is 2. The first-order valence-corrected chi connectivity index (χ1v) is 7.82. The molecule has 1 aromatic carbocycles. The van der Waals surface area contributed by atoms with E-state index in [4.69, 9.17) is 11.6 Å². The Morgan fingerprint density at radius 3 is 2.53 bits per heavy atom. The van der Waals surface area contributed by atoms with Crippen LogP contribution in [0.2, 0.25) is 5.02 Å². The zero-order valence-corrected chi connectivity index (χ0v) is 13.2. The molecule has 0 fully saturated rings. The summed E-state index contributed by atoms with van der Waals surface area (Å²) in [6.07, 6.45) is 0. The number of rotatable bonds is 2. The topological polar surface area (TPSA) is 28.8 Å². The molecule has 0 radical (unpaired) electrons. The molecule has 1 aliphatic heterocycles. The van der Waals surface area contributed by atoms with Gasteiger partial charge in [0, 0.05) is 10.8 Å². The number of halogens is 1. The molecule has 0 bridgehead atoms. The third-order valence-electron chi connectivity index (χ3n) is 3.22. The van der Waals surface area contributed by atoms with Crippen LogP contribution in [0.3, 0.4) is 0 Å². The van der Waals surface area contributed by atoms with Crippen molar-refractivity contribution in [2.24, 2.45) is 4.99 Å². The van der Waals surface area contributed by atoms with Gasteiger partial charge in [-0.05, 0) is 38.5 Å². The first kappa shape index (κ1) is 14.7. The SMILES string of the molecule is CC(C)(C)[NH+]1CN=C(SCc2ccc(Cl)cc2)NC1. The second-order valence-electron chi connectivity index (χ2n) is 5.74. The molecule has 2 N–H and O–H groups in total. The highest BCUT2D eigenvalue weighted by Crippen LogP contribution is 2.16. The van der Waals surface area contributed by atoms with E-state index in [2.05, 4.69) is 43.2 Å². The maximum absolute atomic E-state index is 5.87. The summed E-state index contributed by atoms with van der Waals surface area (Å²) in [6, 6.07) is 7.98. The average molecular weight is 299 g/mol. The molecular weight excluding hydrogens is 278 g/mol. The summed E-state index contributed by atoms with van der Waals surface area (Å²) in [7, 11) is 0. The highest BCUT2D eigenvalue weighted by molar-refractivity contribution is 8.13. The fourth-order valence-electron chi connectivity index (χ4n) is 1.79. The van der Waals surface area contributed by atoms with Gasteiger partial charge in [0.25, 0.3) is 0 Å². The van der Waals surface area contributed by atoms with E-state index in [-0.39, 0.29) is 5.54 Å². The van der Waals surface area contributed by atoms with E-state index in [1.165, 1.54) is 10.5 Å². The first-order valence-electron chi connectivity index (χ1n) is 6.46. The summed E-state index contributed by atoms with van der Waals surface area (Å²) in [5.41, 5.74) is 1.51. The molecule has 5 heteroatoms. The van der Waals surface area contributed by atoms with Crippen LogP contribution in [0.5, 0.6) is 0 Å². The van der Waals surface area contributed by atoms with E-state index in [0.717, 1.165) is 29.3 Å². The van der Waals surface area contributed by atoms with Gasteiger partial charge in [0.05, 0.1) is 5.54 Å². The van der Waals surface area contributed by atoms with Crippen LogP contribution >= 0.6 is 23.4 Å². The number of hydrogen-bond donors (Lipinski definition) is 2. The summed E-state index contributed by atoms with van der Waals surface area (Å²) in [5.74, 6) is 0.924. The smallest absolute Gasteiger partial charge is 0.175 e. The van der Waals surface area contributed by atoms with E-state index in [0.29, 0.717) is 0 Å². The third-order valence-corrected chi connectivity index (χ3v) is 4.49. The Bertz CT molecular complexity index is 451. The van der Waals surface area contributed by atoms with E-state index in [1.807, 2.05) is 12.1 Å². The fraction of sp³-hybridized carbons (Fsp3) is 0.500. The molecule has 1 aromatic rings. The van der Waals surface area contributed by atoms with Crippen LogP contribution in [-0.4, -0.2) is 24.0 Å². The number of aliphatic imine (C=N–C) groups is 1. The van der Waals surface area contributed by atoms with Gasteiger partial charge in [0.2, 0.25) is 0 Å². The number of amidine groups is 1. The molecule has 0 saturated heterocycles. The van der Waals surface area contributed by atoms with Gasteiger partial charge in [0.15, 0.2) is 18.5 Å². The molecule has 104 valence electrons. The Hall–Kier alpha value is -0.710. The van der Waals surface area contributed by atoms with Gasteiger partial charge in [-0.2, -0.15) is 0 Å². The molecule has 1 aliphatic rings. The van der Waals surface area contributed by atoms with Crippen LogP contribution in [0.4, 0.5) is 0 Å². The molecule has 0 aromatic heterocycles. The van der Waals surface area contributed by atoms with Gasteiger partial charge in [-0.3, -0.25) is 4.90 Å². The normalized spacial score (nSPS) is 19.8. The van der Waals surface area contributed by atoms with Gasteiger partial charge < -0.3 is 5.32 Å². The summed E-state index contributed by atoms with van der Waals surface area (Å²) in [5, 5.41) is 5.24. The lowest BCUT2D eigenvalue weighted by Crippen LogP contribution is -3.20. The van der Waals surface area contributed by atoms with Crippen molar-refractivity contribution in [3.63, 3.8) is 0 Å². The number of hydrogen-bond acceptors (Lipinski definition) is 3. The molecule has 1 atom stereocenters. The third kappa shape index (κ3) is 4.41. The predicted molar refractivity (Wildman–Crippen MR) is 83.8 cm³/mol. The van der Waals surface area contributed by atoms with Crippen LogP contribution in [0, 0.1) is 0 Å². The van der Waals surface area contributed by atoms with E-state index in [1.54, 1.807) is 11.8 Å². The lowest BCUT2D eigenvalue weighted by Gasteiger charge is -2.33. The highest BCUT2D eigenvalue weighted by atomic mass is 35.5. The Morgan fingerprint density at radius 1 is 1.32 bits per heavy atom. The second kappa shape index (κ2) is 6.16. The van der Waals surface area contributed by atoms with E-state index in [9.17, 15) is 0 Å². The van der Waals surface area contributed by atoms with Crippen LogP contribution in [0.1, 0.15) is 26.3 Å². The Kier molecular flexibility index (Phi) is 4.76. The zero-order valence-electron chi connectivity index (χ0n) is 11.7. The van der Waals surface area contributed by atoms with Crippen molar-refractivity contribution in [3.8, 4) is 0 Å². The lowest BCUT2D eigenvalue weighted by molar-refractivity contribution is -0.949. The minimum atomic E-state index is 0.239. The van der Waals surface area contributed by atoms with Crippen molar-refractivity contribution in [2.45, 2.75) is 32.1 Å². The Labute approximate surface area is 124 Å². The van der Waals surface area contributed by atoms with Crippen LogP contribution < -0.4 is 10.2 Å². The van der Waals surface area contributed by atoms with Gasteiger partial charge >= 0.3 is 0 Å². The van der Waals surface area contributed by atoms with E-state index < -0.39 is 0 Å². The van der Waals surface area contributed by atoms with Crippen molar-refractivity contribution in [1.82, 2.24) is 5.32 Å². The minimum Gasteiger partial charge on any atom is -0.318 e. The van der Waals surface area contributed by atoms with Crippen LogP contribution in [0.15, 0.2) is 29.3 Å². The lowest BCUT2D eigenvalue weighted by atomic mass is 10.1. The highest BCUT2D eigenvalue weighted by Gasteiger charge is 2.27. The maximum atomic E-state index is 5.87. The molecule has 0 saturated carbocycles. The summed E-state index contributed by atoms with van der Waals surface area (Å²) >= 11 is 7.63. The van der Waals surface area contributed by atoms with Gasteiger partial charge in [0.1, 0.15) is 0 Å². The number of benzene rings is 1. The van der Waals surface area contributed by atoms with Crippen molar-refractivity contribution < 1.29 is 4.90 Å². The van der Waals surface area contributed by atoms with Crippen LogP contribution in [0.25, 0.3) is 0 Å². The quantitative estimate of drug-likeness (QED) is 0.876. The summed E-state index contributed by atoms with van der Waals surface area (Å²) in [6.45, 7) is 8.51. The van der Waals surface area contributed by atoms with Gasteiger partial charge in [-0.1, -0.05) is 35.5 Å². The second-order valence-corrected chi connectivity index (χ2v) is 7.14. The Balaban J connectivity index is 1.85. The molecule has 1 unspecified atom stereocenters. The van der Waals surface area contributed by atoms with Crippen molar-refractivity contribution in [3.05, 3.63) is 34.9 Å². The summed E-state index contributed by atoms with van der Waals surface area (Å²) < 4.78 is 0. The maximum Gasteiger partial charge on any atom is 0.175 e. The molecule has 0 aliphatic carbocycles. The number of quaternary nitrogens is 1. The Morgan fingerprint density at radius 2 is 2.00 bits per heavy atom. The largest absolute Gasteiger partial charge is 0.318 e. The zero-order chi connectivity index (χ0) is 13.9. The minimum absolute atomic E-state index is 0.239. The van der Waals surface area contributed by atoms with Gasteiger partial charge in [-0.25, -0.2) is 4.99 Å².